The number of hydrogen-bond donors (Lipinski definition) is 2. The zero-order valence-electron chi connectivity index (χ0n) is 12.0. The van der Waals surface area contributed by atoms with Gasteiger partial charge in [0.2, 0.25) is 0 Å². The van der Waals surface area contributed by atoms with Gasteiger partial charge in [0.05, 0.1) is 6.42 Å². The molecule has 2 aromatic heterocycles. The molecule has 0 aliphatic carbocycles. The third-order valence-electron chi connectivity index (χ3n) is 3.23. The van der Waals surface area contributed by atoms with Crippen LogP contribution >= 0.6 is 0 Å². The number of benzene rings is 1. The SMILES string of the molecule is O=C(O)Cc1cnc(COc2cccc3cccnc23)[nH]c1=O. The number of H-pyrrole nitrogens is 1. The second-order valence-electron chi connectivity index (χ2n) is 4.87. The minimum atomic E-state index is -1.08. The van der Waals surface area contributed by atoms with Gasteiger partial charge < -0.3 is 14.8 Å². The monoisotopic (exact) mass is 311 g/mol. The van der Waals surface area contributed by atoms with Crippen LogP contribution in [0.5, 0.6) is 5.75 Å². The van der Waals surface area contributed by atoms with E-state index in [0.29, 0.717) is 11.6 Å². The standard InChI is InChI=1S/C16H13N3O4/c20-14(21)7-11-8-18-13(19-16(11)22)9-23-12-5-1-3-10-4-2-6-17-15(10)12/h1-6,8H,7,9H2,(H,20,21)(H,18,19,22). The van der Waals surface area contributed by atoms with Crippen LogP contribution in [0.4, 0.5) is 0 Å². The fourth-order valence-corrected chi connectivity index (χ4v) is 2.16. The molecule has 0 fully saturated rings. The molecular weight excluding hydrogens is 298 g/mol. The summed E-state index contributed by atoms with van der Waals surface area (Å²) in [5.41, 5.74) is 0.352. The first-order chi connectivity index (χ1) is 11.1. The summed E-state index contributed by atoms with van der Waals surface area (Å²) in [6.45, 7) is 0.0538. The van der Waals surface area contributed by atoms with Crippen LogP contribution in [0.3, 0.4) is 0 Å². The Morgan fingerprint density at radius 2 is 2.04 bits per heavy atom. The first kappa shape index (κ1) is 14.7. The van der Waals surface area contributed by atoms with Crippen LogP contribution in [-0.4, -0.2) is 26.0 Å². The highest BCUT2D eigenvalue weighted by atomic mass is 16.5. The number of aromatic amines is 1. The van der Waals surface area contributed by atoms with E-state index in [9.17, 15) is 9.59 Å². The van der Waals surface area contributed by atoms with Crippen molar-refractivity contribution in [3.8, 4) is 5.75 Å². The van der Waals surface area contributed by atoms with Gasteiger partial charge in [-0.25, -0.2) is 4.98 Å². The molecule has 2 heterocycles. The van der Waals surface area contributed by atoms with E-state index in [1.807, 2.05) is 24.3 Å². The van der Waals surface area contributed by atoms with Crippen LogP contribution < -0.4 is 10.3 Å². The highest BCUT2D eigenvalue weighted by molar-refractivity contribution is 5.84. The first-order valence-electron chi connectivity index (χ1n) is 6.89. The number of rotatable bonds is 5. The van der Waals surface area contributed by atoms with Gasteiger partial charge >= 0.3 is 5.97 Å². The van der Waals surface area contributed by atoms with E-state index in [-0.39, 0.29) is 18.6 Å². The Hall–Kier alpha value is -3.22. The molecule has 2 N–H and O–H groups in total. The van der Waals surface area contributed by atoms with Gasteiger partial charge in [-0.1, -0.05) is 18.2 Å². The van der Waals surface area contributed by atoms with E-state index in [2.05, 4.69) is 15.0 Å². The summed E-state index contributed by atoms with van der Waals surface area (Å²) in [7, 11) is 0. The molecule has 0 aliphatic heterocycles. The Morgan fingerprint density at radius 1 is 1.22 bits per heavy atom. The summed E-state index contributed by atoms with van der Waals surface area (Å²) >= 11 is 0. The second-order valence-corrected chi connectivity index (χ2v) is 4.87. The molecule has 116 valence electrons. The lowest BCUT2D eigenvalue weighted by molar-refractivity contribution is -0.136. The first-order valence-corrected chi connectivity index (χ1v) is 6.89. The third-order valence-corrected chi connectivity index (χ3v) is 3.23. The average Bonchev–Trinajstić information content (AvgIpc) is 2.55. The molecule has 3 aromatic rings. The minimum absolute atomic E-state index is 0.0538. The van der Waals surface area contributed by atoms with Gasteiger partial charge in [0.15, 0.2) is 0 Å². The van der Waals surface area contributed by atoms with Crippen molar-refractivity contribution in [1.29, 1.82) is 0 Å². The Morgan fingerprint density at radius 3 is 2.83 bits per heavy atom. The van der Waals surface area contributed by atoms with Crippen molar-refractivity contribution in [2.75, 3.05) is 0 Å². The fraction of sp³-hybridized carbons (Fsp3) is 0.125. The molecule has 0 unspecified atom stereocenters. The number of carbonyl (C=O) groups is 1. The number of pyridine rings is 1. The highest BCUT2D eigenvalue weighted by Gasteiger charge is 2.08. The molecule has 0 atom stereocenters. The molecule has 0 bridgehead atoms. The van der Waals surface area contributed by atoms with Crippen molar-refractivity contribution in [1.82, 2.24) is 15.0 Å². The number of ether oxygens (including phenoxy) is 1. The summed E-state index contributed by atoms with van der Waals surface area (Å²) in [5, 5.41) is 9.65. The number of carboxylic acids is 1. The van der Waals surface area contributed by atoms with Crippen LogP contribution in [0.1, 0.15) is 11.4 Å². The summed E-state index contributed by atoms with van der Waals surface area (Å²) in [6.07, 6.45) is 2.57. The number of fused-ring (bicyclic) bond motifs is 1. The minimum Gasteiger partial charge on any atom is -0.483 e. The van der Waals surface area contributed by atoms with E-state index in [1.54, 1.807) is 12.3 Å². The third kappa shape index (κ3) is 3.34. The number of hydrogen-bond acceptors (Lipinski definition) is 5. The molecule has 7 nitrogen and oxygen atoms in total. The molecule has 0 amide bonds. The van der Waals surface area contributed by atoms with Crippen molar-refractivity contribution >= 4 is 16.9 Å². The predicted octanol–water partition coefficient (Wildman–Crippen LogP) is 1.52. The molecule has 0 saturated heterocycles. The molecule has 0 spiro atoms. The normalized spacial score (nSPS) is 10.6. The van der Waals surface area contributed by atoms with E-state index in [0.717, 1.165) is 10.9 Å². The van der Waals surface area contributed by atoms with Gasteiger partial charge in [-0.3, -0.25) is 14.6 Å². The van der Waals surface area contributed by atoms with Crippen molar-refractivity contribution in [3.63, 3.8) is 0 Å². The quantitative estimate of drug-likeness (QED) is 0.740. The molecule has 7 heteroatoms. The van der Waals surface area contributed by atoms with Crippen LogP contribution in [-0.2, 0) is 17.8 Å². The Balaban J connectivity index is 1.79. The predicted molar refractivity (Wildman–Crippen MR) is 82.3 cm³/mol. The number of aliphatic carboxylic acids is 1. The van der Waals surface area contributed by atoms with Gasteiger partial charge in [-0.2, -0.15) is 0 Å². The number of nitrogens with one attached hydrogen (secondary N) is 1. The van der Waals surface area contributed by atoms with Gasteiger partial charge in [0, 0.05) is 23.3 Å². The van der Waals surface area contributed by atoms with Crippen LogP contribution in [0, 0.1) is 0 Å². The molecule has 1 aromatic carbocycles. The van der Waals surface area contributed by atoms with Gasteiger partial charge in [0.1, 0.15) is 23.7 Å². The maximum Gasteiger partial charge on any atom is 0.308 e. The molecule has 0 aliphatic rings. The molecule has 0 saturated carbocycles. The number of nitrogens with zero attached hydrogens (tertiary/aromatic N) is 2. The number of aromatic nitrogens is 3. The molecule has 3 rings (SSSR count). The van der Waals surface area contributed by atoms with Crippen molar-refractivity contribution in [2.24, 2.45) is 0 Å². The zero-order valence-corrected chi connectivity index (χ0v) is 12.0. The van der Waals surface area contributed by atoms with Crippen LogP contribution in [0.15, 0.2) is 47.5 Å². The maximum absolute atomic E-state index is 11.8. The summed E-state index contributed by atoms with van der Waals surface area (Å²) in [4.78, 5) is 33.2. The Kier molecular flexibility index (Phi) is 4.01. The topological polar surface area (TPSA) is 105 Å². The lowest BCUT2D eigenvalue weighted by atomic mass is 10.2. The molecular formula is C16H13N3O4. The van der Waals surface area contributed by atoms with Crippen LogP contribution in [0.2, 0.25) is 0 Å². The summed E-state index contributed by atoms with van der Waals surface area (Å²) in [6, 6.07) is 9.33. The van der Waals surface area contributed by atoms with Crippen molar-refractivity contribution < 1.29 is 14.6 Å². The summed E-state index contributed by atoms with van der Waals surface area (Å²) in [5.74, 6) is -0.180. The van der Waals surface area contributed by atoms with Gasteiger partial charge in [0.25, 0.3) is 5.56 Å². The lowest BCUT2D eigenvalue weighted by Crippen LogP contribution is -2.19. The highest BCUT2D eigenvalue weighted by Crippen LogP contribution is 2.23. The lowest BCUT2D eigenvalue weighted by Gasteiger charge is -2.08. The maximum atomic E-state index is 11.8. The van der Waals surface area contributed by atoms with E-state index in [1.165, 1.54) is 6.20 Å². The fourth-order valence-electron chi connectivity index (χ4n) is 2.16. The number of carboxylic acid groups (broad SMARTS) is 1. The molecule has 0 radical (unpaired) electrons. The Bertz CT molecular complexity index is 915. The summed E-state index contributed by atoms with van der Waals surface area (Å²) < 4.78 is 5.67. The van der Waals surface area contributed by atoms with Gasteiger partial charge in [-0.15, -0.1) is 0 Å². The van der Waals surface area contributed by atoms with Crippen molar-refractivity contribution in [3.05, 3.63) is 64.5 Å². The van der Waals surface area contributed by atoms with E-state index in [4.69, 9.17) is 9.84 Å². The van der Waals surface area contributed by atoms with E-state index >= 15 is 0 Å². The van der Waals surface area contributed by atoms with E-state index < -0.39 is 11.5 Å². The Labute approximate surface area is 130 Å². The largest absolute Gasteiger partial charge is 0.483 e. The zero-order chi connectivity index (χ0) is 16.2. The molecule has 23 heavy (non-hydrogen) atoms. The second kappa shape index (κ2) is 6.27. The van der Waals surface area contributed by atoms with Gasteiger partial charge in [-0.05, 0) is 12.1 Å². The van der Waals surface area contributed by atoms with Crippen LogP contribution in [0.25, 0.3) is 10.9 Å². The van der Waals surface area contributed by atoms with Crippen molar-refractivity contribution in [2.45, 2.75) is 13.0 Å². The number of para-hydroxylation sites is 1. The average molecular weight is 311 g/mol. The smallest absolute Gasteiger partial charge is 0.308 e.